The number of aliphatic hydroxyl groups is 2. The Kier molecular flexibility index (Phi) is 16.9. The first-order valence-corrected chi connectivity index (χ1v) is 22.1. The number of nitrogen functional groups attached to an aromatic ring is 1. The molecular formula is C28H46N7O17P3S. The standard InChI is InChI=1S/C28H46N7O17P3S/c1-15(2)16(3)10-19(37)56-9-8-30-18(36)6-7-31-26(40)23(39)28(4,5)12-49-55(46,47)52-54(44,45)48-11-17-22(51-53(41,42)43)21(38)27(50-17)35-14-34-20-24(29)32-13-33-25(20)35/h13-15,17,21-23,27,38-39H,3,6-12H2,1-2,4-5H3,(H,30,36)(H,31,40)(H,44,45)(H,46,47)(H2,29,32,33)(H2,41,42,43)/t17-,21-,22-,23+,27-/m1/s1. The number of allylic oxidation sites excluding steroid dienone is 1. The van der Waals surface area contributed by atoms with Crippen molar-refractivity contribution < 1.29 is 80.5 Å². The lowest BCUT2D eigenvalue weighted by atomic mass is 9.87. The molecule has 1 fully saturated rings. The number of nitrogens with two attached hydrogens (primary N) is 1. The van der Waals surface area contributed by atoms with Crippen molar-refractivity contribution in [2.24, 2.45) is 11.3 Å². The van der Waals surface area contributed by atoms with Gasteiger partial charge in [0.25, 0.3) is 0 Å². The SMILES string of the molecule is C=C(CC(=O)SCCNC(=O)CCNC(=O)[C@H](O)C(C)(C)COP(=O)(O)OP(=O)(O)OC[C@H]1O[C@@H](n2cnc3c(N)ncnc32)[C@H](O)[C@@H]1OP(=O)(O)O)C(C)C. The highest BCUT2D eigenvalue weighted by atomic mass is 32.2. The average Bonchev–Trinajstić information content (AvgIpc) is 3.64. The predicted octanol–water partition coefficient (Wildman–Crippen LogP) is 0.267. The summed E-state index contributed by atoms with van der Waals surface area (Å²) in [6, 6.07) is 0. The lowest BCUT2D eigenvalue weighted by Gasteiger charge is -2.30. The molecule has 10 N–H and O–H groups in total. The van der Waals surface area contributed by atoms with E-state index in [1.807, 2.05) is 13.8 Å². The van der Waals surface area contributed by atoms with E-state index < -0.39 is 84.6 Å². The molecule has 7 atom stereocenters. The van der Waals surface area contributed by atoms with E-state index in [2.05, 4.69) is 41.0 Å². The Labute approximate surface area is 324 Å². The molecule has 0 saturated carbocycles. The Morgan fingerprint density at radius 2 is 1.73 bits per heavy atom. The molecule has 0 aromatic carbocycles. The highest BCUT2D eigenvalue weighted by Crippen LogP contribution is 2.61. The molecule has 2 aromatic rings. The van der Waals surface area contributed by atoms with E-state index >= 15 is 0 Å². The number of anilines is 1. The van der Waals surface area contributed by atoms with Crippen molar-refractivity contribution in [1.29, 1.82) is 0 Å². The molecule has 2 unspecified atom stereocenters. The number of hydrogen-bond acceptors (Lipinski definition) is 18. The second-order valence-electron chi connectivity index (χ2n) is 13.3. The predicted molar refractivity (Wildman–Crippen MR) is 196 cm³/mol. The van der Waals surface area contributed by atoms with Crippen molar-refractivity contribution in [3.8, 4) is 0 Å². The maximum atomic E-state index is 12.7. The van der Waals surface area contributed by atoms with Crippen molar-refractivity contribution >= 4 is 69.1 Å². The Hall–Kier alpha value is -2.70. The summed E-state index contributed by atoms with van der Waals surface area (Å²) in [7, 11) is -16.4. The summed E-state index contributed by atoms with van der Waals surface area (Å²) in [4.78, 5) is 87.5. The van der Waals surface area contributed by atoms with Crippen molar-refractivity contribution in [1.82, 2.24) is 30.2 Å². The summed E-state index contributed by atoms with van der Waals surface area (Å²) in [5.74, 6) is -0.958. The highest BCUT2D eigenvalue weighted by molar-refractivity contribution is 8.13. The van der Waals surface area contributed by atoms with Crippen LogP contribution in [-0.2, 0) is 50.7 Å². The van der Waals surface area contributed by atoms with Crippen LogP contribution in [0.4, 0.5) is 5.82 Å². The minimum absolute atomic E-state index is 0.0296. The number of carbonyl (C=O) groups is 3. The van der Waals surface area contributed by atoms with E-state index in [0.29, 0.717) is 5.75 Å². The van der Waals surface area contributed by atoms with Gasteiger partial charge in [-0.05, 0) is 5.92 Å². The number of nitrogens with zero attached hydrogens (tertiary/aromatic N) is 4. The van der Waals surface area contributed by atoms with Gasteiger partial charge >= 0.3 is 23.5 Å². The fourth-order valence-electron chi connectivity index (χ4n) is 4.74. The van der Waals surface area contributed by atoms with Gasteiger partial charge in [0.15, 0.2) is 22.8 Å². The normalized spacial score (nSPS) is 21.7. The Morgan fingerprint density at radius 3 is 2.38 bits per heavy atom. The number of ether oxygens (including phenoxy) is 1. The molecule has 1 aliphatic heterocycles. The number of hydrogen-bond donors (Lipinski definition) is 9. The third-order valence-electron chi connectivity index (χ3n) is 7.95. The van der Waals surface area contributed by atoms with Gasteiger partial charge in [0.2, 0.25) is 11.8 Å². The molecule has 56 heavy (non-hydrogen) atoms. The molecule has 0 radical (unpaired) electrons. The molecule has 3 rings (SSSR count). The Balaban J connectivity index is 1.48. The quantitative estimate of drug-likeness (QED) is 0.0435. The number of amides is 2. The van der Waals surface area contributed by atoms with E-state index in [1.54, 1.807) is 0 Å². The molecule has 3 heterocycles. The van der Waals surface area contributed by atoms with Gasteiger partial charge in [0.1, 0.15) is 36.3 Å². The van der Waals surface area contributed by atoms with E-state index in [1.165, 1.54) is 13.8 Å². The molecule has 0 spiro atoms. The highest BCUT2D eigenvalue weighted by Gasteiger charge is 2.50. The van der Waals surface area contributed by atoms with Crippen molar-refractivity contribution in [3.05, 3.63) is 24.8 Å². The summed E-state index contributed by atoms with van der Waals surface area (Å²) < 4.78 is 62.1. The zero-order chi connectivity index (χ0) is 42.2. The number of phosphoric acid groups is 3. The zero-order valence-corrected chi connectivity index (χ0v) is 34.1. The summed E-state index contributed by atoms with van der Waals surface area (Å²) in [6.07, 6.45) is -6.69. The molecule has 2 aromatic heterocycles. The molecule has 24 nitrogen and oxygen atoms in total. The van der Waals surface area contributed by atoms with Gasteiger partial charge in [0.05, 0.1) is 19.5 Å². The number of rotatable bonds is 22. The average molecular weight is 878 g/mol. The molecule has 28 heteroatoms. The molecule has 316 valence electrons. The van der Waals surface area contributed by atoms with Gasteiger partial charge in [-0.2, -0.15) is 4.31 Å². The number of thioether (sulfide) groups is 1. The van der Waals surface area contributed by atoms with Crippen LogP contribution in [0.25, 0.3) is 11.2 Å². The molecule has 1 aliphatic rings. The third-order valence-corrected chi connectivity index (χ3v) is 11.9. The molecule has 1 saturated heterocycles. The Bertz CT molecular complexity index is 1880. The topological polar surface area (TPSA) is 364 Å². The molecular weight excluding hydrogens is 831 g/mol. The van der Waals surface area contributed by atoms with Crippen molar-refractivity contribution in [3.63, 3.8) is 0 Å². The number of phosphoric ester groups is 3. The second-order valence-corrected chi connectivity index (χ2v) is 18.7. The van der Waals surface area contributed by atoms with E-state index in [0.717, 1.165) is 34.6 Å². The van der Waals surface area contributed by atoms with Gasteiger partial charge < -0.3 is 50.9 Å². The van der Waals surface area contributed by atoms with E-state index in [9.17, 15) is 57.9 Å². The fourth-order valence-corrected chi connectivity index (χ4v) is 8.28. The maximum Gasteiger partial charge on any atom is 0.481 e. The lowest BCUT2D eigenvalue weighted by molar-refractivity contribution is -0.137. The number of aliphatic hydroxyl groups excluding tert-OH is 2. The second kappa shape index (κ2) is 19.8. The minimum Gasteiger partial charge on any atom is -0.386 e. The summed E-state index contributed by atoms with van der Waals surface area (Å²) in [5, 5.41) is 26.3. The van der Waals surface area contributed by atoms with Gasteiger partial charge in [0, 0.05) is 37.1 Å². The minimum atomic E-state index is -5.57. The number of nitrogens with one attached hydrogen (secondary N) is 2. The van der Waals surface area contributed by atoms with Crippen LogP contribution in [0, 0.1) is 11.3 Å². The first kappa shape index (κ1) is 47.7. The Morgan fingerprint density at radius 1 is 1.07 bits per heavy atom. The number of imidazole rings is 1. The van der Waals surface area contributed by atoms with Crippen LogP contribution < -0.4 is 16.4 Å². The van der Waals surface area contributed by atoms with E-state index in [-0.39, 0.29) is 53.9 Å². The van der Waals surface area contributed by atoms with Crippen LogP contribution in [0.2, 0.25) is 0 Å². The van der Waals surface area contributed by atoms with Crippen LogP contribution in [0.1, 0.15) is 46.8 Å². The third kappa shape index (κ3) is 14.3. The number of carbonyl (C=O) groups excluding carboxylic acids is 3. The van der Waals surface area contributed by atoms with Crippen LogP contribution in [0.5, 0.6) is 0 Å². The van der Waals surface area contributed by atoms with Crippen LogP contribution >= 0.6 is 35.2 Å². The summed E-state index contributed by atoms with van der Waals surface area (Å²) in [6.45, 7) is 8.18. The van der Waals surface area contributed by atoms with Crippen LogP contribution in [0.15, 0.2) is 24.8 Å². The maximum absolute atomic E-state index is 12.7. The van der Waals surface area contributed by atoms with Crippen LogP contribution in [-0.4, -0.2) is 123 Å². The largest absolute Gasteiger partial charge is 0.481 e. The fraction of sp³-hybridized carbons (Fsp3) is 0.643. The van der Waals surface area contributed by atoms with E-state index in [4.69, 9.17) is 19.5 Å². The molecule has 0 bridgehead atoms. The smallest absolute Gasteiger partial charge is 0.386 e. The number of fused-ring (bicyclic) bond motifs is 1. The molecule has 2 amide bonds. The van der Waals surface area contributed by atoms with Crippen molar-refractivity contribution in [2.45, 2.75) is 71.2 Å². The van der Waals surface area contributed by atoms with Crippen LogP contribution in [0.3, 0.4) is 0 Å². The van der Waals surface area contributed by atoms with Gasteiger partial charge in [-0.25, -0.2) is 28.6 Å². The van der Waals surface area contributed by atoms with Gasteiger partial charge in [-0.3, -0.25) is 32.5 Å². The monoisotopic (exact) mass is 877 g/mol. The first-order valence-electron chi connectivity index (χ1n) is 16.5. The lowest BCUT2D eigenvalue weighted by Crippen LogP contribution is -2.46. The van der Waals surface area contributed by atoms with Crippen molar-refractivity contribution in [2.75, 3.05) is 37.8 Å². The molecule has 0 aliphatic carbocycles. The number of aromatic nitrogens is 4. The van der Waals surface area contributed by atoms with Gasteiger partial charge in [-0.1, -0.05) is 51.6 Å². The zero-order valence-electron chi connectivity index (χ0n) is 30.6. The van der Waals surface area contributed by atoms with Gasteiger partial charge in [-0.15, -0.1) is 0 Å². The summed E-state index contributed by atoms with van der Waals surface area (Å²) in [5.41, 5.74) is 5.06. The summed E-state index contributed by atoms with van der Waals surface area (Å²) >= 11 is 1.06. The first-order chi connectivity index (χ1) is 25.8.